The van der Waals surface area contributed by atoms with Gasteiger partial charge in [-0.1, -0.05) is 33.1 Å². The second kappa shape index (κ2) is 8.39. The molecule has 0 radical (unpaired) electrons. The highest BCUT2D eigenvalue weighted by atomic mass is 16.5. The molecular weight excluding hydrogens is 318 g/mol. The number of hydrogen-bond acceptors (Lipinski definition) is 3. The average Bonchev–Trinajstić information content (AvgIpc) is 2.92. The Morgan fingerprint density at radius 3 is 2.60 bits per heavy atom. The molecule has 25 heavy (non-hydrogen) atoms. The standard InChI is InChI=1S/C19H33N3O3/c1-13(2)9-20-18(23)16-8-15-11-22(12-17(16)25-15)19(24)21-10-14-6-4-3-5-7-14/h13-17H,3-12H2,1-2H3,(H,20,23)(H,21,24)/t15-,16+,17-/m0/s1. The van der Waals surface area contributed by atoms with Crippen LogP contribution in [0, 0.1) is 17.8 Å². The highest BCUT2D eigenvalue weighted by molar-refractivity contribution is 5.80. The molecule has 6 heteroatoms. The Balaban J connectivity index is 1.46. The van der Waals surface area contributed by atoms with Gasteiger partial charge in [-0.3, -0.25) is 4.79 Å². The van der Waals surface area contributed by atoms with Crippen molar-refractivity contribution < 1.29 is 14.3 Å². The van der Waals surface area contributed by atoms with Crippen LogP contribution in [-0.2, 0) is 9.53 Å². The van der Waals surface area contributed by atoms with Gasteiger partial charge in [0.1, 0.15) is 0 Å². The molecule has 1 saturated carbocycles. The number of nitrogens with one attached hydrogen (secondary N) is 2. The predicted molar refractivity (Wildman–Crippen MR) is 96.2 cm³/mol. The summed E-state index contributed by atoms with van der Waals surface area (Å²) in [5, 5.41) is 6.12. The average molecular weight is 351 g/mol. The number of likely N-dealkylation sites (tertiary alicyclic amines) is 1. The van der Waals surface area contributed by atoms with Gasteiger partial charge in [-0.2, -0.15) is 0 Å². The van der Waals surface area contributed by atoms with Crippen molar-refractivity contribution in [2.45, 2.75) is 64.6 Å². The molecule has 3 fully saturated rings. The zero-order chi connectivity index (χ0) is 17.8. The molecule has 3 amide bonds. The van der Waals surface area contributed by atoms with Crippen molar-refractivity contribution in [3.8, 4) is 0 Å². The molecule has 2 N–H and O–H groups in total. The van der Waals surface area contributed by atoms with E-state index < -0.39 is 0 Å². The van der Waals surface area contributed by atoms with Crippen LogP contribution in [0.2, 0.25) is 0 Å². The molecule has 3 rings (SSSR count). The molecule has 6 nitrogen and oxygen atoms in total. The number of urea groups is 1. The van der Waals surface area contributed by atoms with Crippen molar-refractivity contribution in [1.82, 2.24) is 15.5 Å². The van der Waals surface area contributed by atoms with Gasteiger partial charge in [-0.25, -0.2) is 4.79 Å². The molecule has 1 aliphatic carbocycles. The lowest BCUT2D eigenvalue weighted by atomic mass is 9.89. The van der Waals surface area contributed by atoms with Crippen molar-refractivity contribution in [2.24, 2.45) is 17.8 Å². The number of morpholine rings is 1. The topological polar surface area (TPSA) is 70.7 Å². The smallest absolute Gasteiger partial charge is 0.317 e. The first kappa shape index (κ1) is 18.5. The highest BCUT2D eigenvalue weighted by Crippen LogP contribution is 2.32. The summed E-state index contributed by atoms with van der Waals surface area (Å²) in [6, 6.07) is 0.00659. The Morgan fingerprint density at radius 2 is 1.88 bits per heavy atom. The van der Waals surface area contributed by atoms with Crippen molar-refractivity contribution in [1.29, 1.82) is 0 Å². The fraction of sp³-hybridized carbons (Fsp3) is 0.895. The maximum Gasteiger partial charge on any atom is 0.317 e. The summed E-state index contributed by atoms with van der Waals surface area (Å²) >= 11 is 0. The maximum atomic E-state index is 12.5. The van der Waals surface area contributed by atoms with E-state index in [0.29, 0.717) is 31.5 Å². The number of ether oxygens (including phenoxy) is 1. The molecular formula is C19H33N3O3. The maximum absolute atomic E-state index is 12.5. The fourth-order valence-corrected chi connectivity index (χ4v) is 4.27. The molecule has 142 valence electrons. The minimum Gasteiger partial charge on any atom is -0.370 e. The number of fused-ring (bicyclic) bond motifs is 2. The Kier molecular flexibility index (Phi) is 6.20. The predicted octanol–water partition coefficient (Wildman–Crippen LogP) is 2.14. The Labute approximate surface area is 151 Å². The first-order valence-corrected chi connectivity index (χ1v) is 9.99. The van der Waals surface area contributed by atoms with E-state index in [0.717, 1.165) is 13.0 Å². The molecule has 3 aliphatic rings. The van der Waals surface area contributed by atoms with Crippen LogP contribution in [0.5, 0.6) is 0 Å². The van der Waals surface area contributed by atoms with Crippen LogP contribution in [0.4, 0.5) is 4.79 Å². The Morgan fingerprint density at radius 1 is 1.12 bits per heavy atom. The monoisotopic (exact) mass is 351 g/mol. The number of rotatable bonds is 5. The normalized spacial score (nSPS) is 29.7. The van der Waals surface area contributed by atoms with E-state index in [-0.39, 0.29) is 30.1 Å². The van der Waals surface area contributed by atoms with E-state index in [1.54, 1.807) is 0 Å². The summed E-state index contributed by atoms with van der Waals surface area (Å²) in [7, 11) is 0. The van der Waals surface area contributed by atoms with Gasteiger partial charge in [0.2, 0.25) is 5.91 Å². The molecule has 2 heterocycles. The second-order valence-corrected chi connectivity index (χ2v) is 8.37. The first-order valence-electron chi connectivity index (χ1n) is 9.99. The fourth-order valence-electron chi connectivity index (χ4n) is 4.27. The molecule has 2 aliphatic heterocycles. The molecule has 2 bridgehead atoms. The van der Waals surface area contributed by atoms with Crippen LogP contribution >= 0.6 is 0 Å². The molecule has 3 atom stereocenters. The van der Waals surface area contributed by atoms with E-state index in [4.69, 9.17) is 4.74 Å². The van der Waals surface area contributed by atoms with Crippen LogP contribution in [-0.4, -0.2) is 55.2 Å². The third-order valence-corrected chi connectivity index (χ3v) is 5.73. The minimum atomic E-state index is -0.161. The number of nitrogens with zero attached hydrogens (tertiary/aromatic N) is 1. The zero-order valence-electron chi connectivity index (χ0n) is 15.6. The summed E-state index contributed by atoms with van der Waals surface area (Å²) in [6.45, 7) is 6.76. The summed E-state index contributed by atoms with van der Waals surface area (Å²) in [4.78, 5) is 26.7. The number of carbonyl (C=O) groups is 2. The van der Waals surface area contributed by atoms with Crippen LogP contribution in [0.25, 0.3) is 0 Å². The number of carbonyl (C=O) groups excluding carboxylic acids is 2. The van der Waals surface area contributed by atoms with Crippen LogP contribution in [0.3, 0.4) is 0 Å². The van der Waals surface area contributed by atoms with Crippen molar-refractivity contribution >= 4 is 11.9 Å². The Hall–Kier alpha value is -1.30. The van der Waals surface area contributed by atoms with Crippen molar-refractivity contribution in [2.75, 3.05) is 26.2 Å². The minimum absolute atomic E-state index is 0.00557. The molecule has 0 spiro atoms. The quantitative estimate of drug-likeness (QED) is 0.797. The van der Waals surface area contributed by atoms with E-state index in [2.05, 4.69) is 24.5 Å². The molecule has 0 aromatic rings. The van der Waals surface area contributed by atoms with Gasteiger partial charge in [0, 0.05) is 26.2 Å². The van der Waals surface area contributed by atoms with Gasteiger partial charge in [-0.05, 0) is 31.1 Å². The Bertz CT molecular complexity index is 477. The molecule has 0 aromatic carbocycles. The molecule has 2 saturated heterocycles. The number of hydrogen-bond donors (Lipinski definition) is 2. The van der Waals surface area contributed by atoms with Gasteiger partial charge in [0.05, 0.1) is 18.1 Å². The summed E-state index contributed by atoms with van der Waals surface area (Å²) in [5.41, 5.74) is 0. The zero-order valence-corrected chi connectivity index (χ0v) is 15.6. The summed E-state index contributed by atoms with van der Waals surface area (Å²) < 4.78 is 5.93. The van der Waals surface area contributed by atoms with Crippen molar-refractivity contribution in [3.63, 3.8) is 0 Å². The van der Waals surface area contributed by atoms with Gasteiger partial charge in [-0.15, -0.1) is 0 Å². The second-order valence-electron chi connectivity index (χ2n) is 8.37. The lowest BCUT2D eigenvalue weighted by molar-refractivity contribution is -0.127. The van der Waals surface area contributed by atoms with E-state index in [1.807, 2.05) is 4.90 Å². The van der Waals surface area contributed by atoms with E-state index in [9.17, 15) is 9.59 Å². The molecule has 0 unspecified atom stereocenters. The van der Waals surface area contributed by atoms with E-state index in [1.165, 1.54) is 32.1 Å². The van der Waals surface area contributed by atoms with Gasteiger partial charge in [0.25, 0.3) is 0 Å². The van der Waals surface area contributed by atoms with Gasteiger partial charge >= 0.3 is 6.03 Å². The first-order chi connectivity index (χ1) is 12.0. The largest absolute Gasteiger partial charge is 0.370 e. The lowest BCUT2D eigenvalue weighted by Gasteiger charge is -2.33. The lowest BCUT2D eigenvalue weighted by Crippen LogP contribution is -2.51. The number of amides is 3. The summed E-state index contributed by atoms with van der Waals surface area (Å²) in [6.07, 6.45) is 6.92. The molecule has 0 aromatic heterocycles. The third-order valence-electron chi connectivity index (χ3n) is 5.73. The van der Waals surface area contributed by atoms with Gasteiger partial charge in [0.15, 0.2) is 0 Å². The SMILES string of the molecule is CC(C)CNC(=O)[C@@H]1C[C@H]2CN(C(=O)NCC3CCCCC3)C[C@@H]1O2. The van der Waals surface area contributed by atoms with Crippen molar-refractivity contribution in [3.05, 3.63) is 0 Å². The van der Waals surface area contributed by atoms with E-state index >= 15 is 0 Å². The van der Waals surface area contributed by atoms with Crippen LogP contribution < -0.4 is 10.6 Å². The van der Waals surface area contributed by atoms with Crippen LogP contribution in [0.15, 0.2) is 0 Å². The highest BCUT2D eigenvalue weighted by Gasteiger charge is 2.45. The van der Waals surface area contributed by atoms with Crippen LogP contribution in [0.1, 0.15) is 52.4 Å². The van der Waals surface area contributed by atoms with Gasteiger partial charge < -0.3 is 20.3 Å². The summed E-state index contributed by atoms with van der Waals surface area (Å²) in [5.74, 6) is 1.02. The third kappa shape index (κ3) is 4.87.